The molecular formula is C25H24Cl2N4O2. The van der Waals surface area contributed by atoms with Gasteiger partial charge in [-0.2, -0.15) is 4.98 Å². The fraction of sp³-hybridized carbons (Fsp3) is 0.320. The van der Waals surface area contributed by atoms with Crippen molar-refractivity contribution in [1.29, 1.82) is 0 Å². The Balaban J connectivity index is 1.47. The number of piperidine rings is 1. The third-order valence-corrected chi connectivity index (χ3v) is 6.80. The second-order valence-corrected chi connectivity index (χ2v) is 9.14. The van der Waals surface area contributed by atoms with Crippen molar-refractivity contribution in [2.24, 2.45) is 0 Å². The molecule has 2 aliphatic rings. The van der Waals surface area contributed by atoms with E-state index < -0.39 is 0 Å². The third kappa shape index (κ3) is 4.77. The Hall–Kier alpha value is -2.83. The number of anilines is 1. The van der Waals surface area contributed by atoms with Crippen molar-refractivity contribution in [3.8, 4) is 11.6 Å². The first-order chi connectivity index (χ1) is 16.1. The fourth-order valence-corrected chi connectivity index (χ4v) is 4.57. The summed E-state index contributed by atoms with van der Waals surface area (Å²) in [5, 5.41) is 0.789. The molecular weight excluding hydrogens is 459 g/mol. The molecule has 6 nitrogen and oxygen atoms in total. The summed E-state index contributed by atoms with van der Waals surface area (Å²) < 4.78 is 6.22. The van der Waals surface area contributed by atoms with E-state index in [0.29, 0.717) is 52.7 Å². The molecule has 5 rings (SSSR count). The van der Waals surface area contributed by atoms with E-state index in [0.717, 1.165) is 37.2 Å². The summed E-state index contributed by atoms with van der Waals surface area (Å²) >= 11 is 12.2. The molecule has 0 saturated carbocycles. The van der Waals surface area contributed by atoms with Crippen LogP contribution in [0.5, 0.6) is 11.6 Å². The minimum atomic E-state index is -0.106. The van der Waals surface area contributed by atoms with Crippen molar-refractivity contribution >= 4 is 35.1 Å². The molecule has 0 radical (unpaired) electrons. The Labute approximate surface area is 203 Å². The van der Waals surface area contributed by atoms with E-state index in [-0.39, 0.29) is 5.91 Å². The highest BCUT2D eigenvalue weighted by Gasteiger charge is 2.29. The van der Waals surface area contributed by atoms with Crippen LogP contribution >= 0.6 is 23.2 Å². The van der Waals surface area contributed by atoms with Gasteiger partial charge in [0, 0.05) is 31.6 Å². The molecule has 1 aromatic heterocycles. The van der Waals surface area contributed by atoms with Gasteiger partial charge in [-0.1, -0.05) is 41.4 Å². The van der Waals surface area contributed by atoms with Gasteiger partial charge >= 0.3 is 0 Å². The van der Waals surface area contributed by atoms with Crippen molar-refractivity contribution in [2.75, 3.05) is 24.5 Å². The maximum absolute atomic E-state index is 13.2. The number of carbonyl (C=O) groups is 1. The van der Waals surface area contributed by atoms with Gasteiger partial charge in [0.05, 0.1) is 27.8 Å². The van der Waals surface area contributed by atoms with Crippen LogP contribution in [-0.2, 0) is 13.0 Å². The van der Waals surface area contributed by atoms with Crippen LogP contribution in [0.3, 0.4) is 0 Å². The van der Waals surface area contributed by atoms with Crippen LogP contribution in [0.25, 0.3) is 0 Å². The Kier molecular flexibility index (Phi) is 6.38. The second-order valence-electron chi connectivity index (χ2n) is 8.32. The zero-order valence-electron chi connectivity index (χ0n) is 18.1. The lowest BCUT2D eigenvalue weighted by Gasteiger charge is -2.32. The van der Waals surface area contributed by atoms with Crippen molar-refractivity contribution in [3.63, 3.8) is 0 Å². The molecule has 1 amide bonds. The summed E-state index contributed by atoms with van der Waals surface area (Å²) in [6, 6.07) is 14.5. The Morgan fingerprint density at radius 1 is 0.909 bits per heavy atom. The largest absolute Gasteiger partial charge is 0.438 e. The van der Waals surface area contributed by atoms with Gasteiger partial charge in [-0.05, 0) is 49.6 Å². The Bertz CT molecular complexity index is 1170. The molecule has 0 unspecified atom stereocenters. The average Bonchev–Trinajstić information content (AvgIpc) is 2.86. The topological polar surface area (TPSA) is 58.6 Å². The molecule has 3 heterocycles. The number of halogens is 2. The predicted octanol–water partition coefficient (Wildman–Crippen LogP) is 5.76. The SMILES string of the molecule is O=C(c1ccc(Cl)c(Cl)c1)N1CCc2nc(N3CCCCC3)nc(Oc3ccccc3)c2C1. The molecule has 2 aromatic carbocycles. The van der Waals surface area contributed by atoms with Gasteiger partial charge in [0.2, 0.25) is 11.8 Å². The van der Waals surface area contributed by atoms with Crippen LogP contribution in [0.15, 0.2) is 48.5 Å². The number of benzene rings is 2. The molecule has 3 aromatic rings. The van der Waals surface area contributed by atoms with Gasteiger partial charge in [-0.3, -0.25) is 4.79 Å². The highest BCUT2D eigenvalue weighted by Crippen LogP contribution is 2.33. The normalized spacial score (nSPS) is 15.8. The lowest BCUT2D eigenvalue weighted by molar-refractivity contribution is 0.0732. The van der Waals surface area contributed by atoms with Crippen LogP contribution in [0.2, 0.25) is 10.0 Å². The van der Waals surface area contributed by atoms with E-state index >= 15 is 0 Å². The first kappa shape index (κ1) is 22.0. The maximum atomic E-state index is 13.2. The van der Waals surface area contributed by atoms with E-state index in [9.17, 15) is 4.79 Å². The van der Waals surface area contributed by atoms with E-state index in [1.165, 1.54) is 6.42 Å². The Morgan fingerprint density at radius 3 is 2.45 bits per heavy atom. The number of amides is 1. The second kappa shape index (κ2) is 9.57. The molecule has 1 saturated heterocycles. The number of hydrogen-bond donors (Lipinski definition) is 0. The molecule has 0 N–H and O–H groups in total. The average molecular weight is 483 g/mol. The standard InChI is InChI=1S/C25H24Cl2N4O2/c26-20-10-9-17(15-21(20)27)24(32)31-14-11-22-19(16-31)23(33-18-7-3-1-4-8-18)29-25(28-22)30-12-5-2-6-13-30/h1,3-4,7-10,15H,2,5-6,11-14,16H2. The summed E-state index contributed by atoms with van der Waals surface area (Å²) in [6.07, 6.45) is 4.15. The summed E-state index contributed by atoms with van der Waals surface area (Å²) in [5.74, 6) is 1.82. The van der Waals surface area contributed by atoms with E-state index in [1.54, 1.807) is 23.1 Å². The molecule has 0 bridgehead atoms. The van der Waals surface area contributed by atoms with Crippen LogP contribution in [-0.4, -0.2) is 40.4 Å². The molecule has 1 fully saturated rings. The fourth-order valence-electron chi connectivity index (χ4n) is 4.28. The highest BCUT2D eigenvalue weighted by atomic mass is 35.5. The van der Waals surface area contributed by atoms with Gasteiger partial charge < -0.3 is 14.5 Å². The third-order valence-electron chi connectivity index (χ3n) is 6.06. The van der Waals surface area contributed by atoms with Gasteiger partial charge in [0.15, 0.2) is 0 Å². The quantitative estimate of drug-likeness (QED) is 0.472. The molecule has 8 heteroatoms. The van der Waals surface area contributed by atoms with Crippen LogP contribution < -0.4 is 9.64 Å². The first-order valence-electron chi connectivity index (χ1n) is 11.2. The number of aromatic nitrogens is 2. The van der Waals surface area contributed by atoms with E-state index in [4.69, 9.17) is 37.9 Å². The van der Waals surface area contributed by atoms with Crippen molar-refractivity contribution in [1.82, 2.24) is 14.9 Å². The minimum Gasteiger partial charge on any atom is -0.438 e. The van der Waals surface area contributed by atoms with Crippen LogP contribution in [0, 0.1) is 0 Å². The first-order valence-corrected chi connectivity index (χ1v) is 12.0. The van der Waals surface area contributed by atoms with Crippen molar-refractivity contribution < 1.29 is 9.53 Å². The van der Waals surface area contributed by atoms with Gasteiger partial charge in [-0.15, -0.1) is 0 Å². The van der Waals surface area contributed by atoms with Crippen molar-refractivity contribution in [3.05, 3.63) is 75.4 Å². The zero-order valence-corrected chi connectivity index (χ0v) is 19.6. The highest BCUT2D eigenvalue weighted by molar-refractivity contribution is 6.42. The smallest absolute Gasteiger partial charge is 0.254 e. The molecule has 170 valence electrons. The summed E-state index contributed by atoms with van der Waals surface area (Å²) in [7, 11) is 0. The van der Waals surface area contributed by atoms with E-state index in [2.05, 4.69) is 4.90 Å². The number of nitrogens with zero attached hydrogens (tertiary/aromatic N) is 4. The Morgan fingerprint density at radius 2 is 1.70 bits per heavy atom. The summed E-state index contributed by atoms with van der Waals surface area (Å²) in [6.45, 7) is 2.83. The number of rotatable bonds is 4. The molecule has 33 heavy (non-hydrogen) atoms. The maximum Gasteiger partial charge on any atom is 0.254 e. The molecule has 2 aliphatic heterocycles. The molecule has 0 spiro atoms. The van der Waals surface area contributed by atoms with Crippen LogP contribution in [0.4, 0.5) is 5.95 Å². The molecule has 0 atom stereocenters. The zero-order chi connectivity index (χ0) is 22.8. The van der Waals surface area contributed by atoms with Gasteiger partial charge in [0.1, 0.15) is 5.75 Å². The number of hydrogen-bond acceptors (Lipinski definition) is 5. The molecule has 0 aliphatic carbocycles. The summed E-state index contributed by atoms with van der Waals surface area (Å²) in [5.41, 5.74) is 2.29. The number of fused-ring (bicyclic) bond motifs is 1. The van der Waals surface area contributed by atoms with E-state index in [1.807, 2.05) is 30.3 Å². The number of carbonyl (C=O) groups excluding carboxylic acids is 1. The van der Waals surface area contributed by atoms with Gasteiger partial charge in [0.25, 0.3) is 5.91 Å². The number of ether oxygens (including phenoxy) is 1. The van der Waals surface area contributed by atoms with Crippen molar-refractivity contribution in [2.45, 2.75) is 32.2 Å². The summed E-state index contributed by atoms with van der Waals surface area (Å²) in [4.78, 5) is 26.9. The lowest BCUT2D eigenvalue weighted by atomic mass is 10.0. The minimum absolute atomic E-state index is 0.106. The number of para-hydroxylation sites is 1. The monoisotopic (exact) mass is 482 g/mol. The van der Waals surface area contributed by atoms with Gasteiger partial charge in [-0.25, -0.2) is 4.98 Å². The lowest BCUT2D eigenvalue weighted by Crippen LogP contribution is -2.37. The predicted molar refractivity (Wildman–Crippen MR) is 130 cm³/mol. The van der Waals surface area contributed by atoms with Crippen LogP contribution in [0.1, 0.15) is 40.9 Å².